The maximum absolute atomic E-state index is 12.3. The average Bonchev–Trinajstić information content (AvgIpc) is 3.34. The second-order valence-electron chi connectivity index (χ2n) is 5.31. The van der Waals surface area contributed by atoms with Gasteiger partial charge >= 0.3 is 5.69 Å². The maximum Gasteiger partial charge on any atom is 0.340 e. The van der Waals surface area contributed by atoms with Gasteiger partial charge in [0.2, 0.25) is 0 Å². The van der Waals surface area contributed by atoms with Crippen LogP contribution in [0.5, 0.6) is 0 Å². The molecular formula is C14H18N3O3+. The Morgan fingerprint density at radius 2 is 1.95 bits per heavy atom. The number of hydrogen-bond acceptors (Lipinski definition) is 4. The summed E-state index contributed by atoms with van der Waals surface area (Å²) in [4.78, 5) is 29.2. The number of carbonyl (C=O) groups is 1. The molecule has 2 N–H and O–H groups in total. The van der Waals surface area contributed by atoms with E-state index < -0.39 is 0 Å². The van der Waals surface area contributed by atoms with Crippen LogP contribution in [-0.4, -0.2) is 30.0 Å². The molecule has 3 rings (SSSR count). The van der Waals surface area contributed by atoms with Crippen LogP contribution in [-0.2, 0) is 4.84 Å². The van der Waals surface area contributed by atoms with E-state index in [9.17, 15) is 9.70 Å². The van der Waals surface area contributed by atoms with E-state index in [4.69, 9.17) is 4.84 Å². The molecule has 1 aromatic rings. The van der Waals surface area contributed by atoms with Crippen molar-refractivity contribution in [2.24, 2.45) is 0 Å². The van der Waals surface area contributed by atoms with Crippen LogP contribution in [0.15, 0.2) is 18.2 Å². The predicted octanol–water partition coefficient (Wildman–Crippen LogP) is 2.12. The Bertz CT molecular complexity index is 551. The standard InChI is InChI=1S/C14H17N3O3/c1-20-17(19)12-4-2-3-11(13(12)15-9-5-6-9)14(18)16-10-7-8-10/h2-4,9-10H,5-8H2,1H3,(H-,15,16,18,19)/p+1. The van der Waals surface area contributed by atoms with Crippen LogP contribution in [0, 0.1) is 4.91 Å². The van der Waals surface area contributed by atoms with E-state index in [-0.39, 0.29) is 11.9 Å². The number of carbonyl (C=O) groups excluding carboxylic acids is 1. The normalized spacial score (nSPS) is 17.4. The molecule has 20 heavy (non-hydrogen) atoms. The number of hydrogen-bond donors (Lipinski definition) is 2. The first kappa shape index (κ1) is 12.9. The van der Waals surface area contributed by atoms with Crippen LogP contribution in [0.3, 0.4) is 0 Å². The van der Waals surface area contributed by atoms with E-state index in [1.165, 1.54) is 7.11 Å². The van der Waals surface area contributed by atoms with Crippen molar-refractivity contribution in [3.05, 3.63) is 28.7 Å². The van der Waals surface area contributed by atoms with Gasteiger partial charge in [-0.05, 0) is 31.7 Å². The monoisotopic (exact) mass is 276 g/mol. The van der Waals surface area contributed by atoms with Gasteiger partial charge in [-0.15, -0.1) is 0 Å². The Kier molecular flexibility index (Phi) is 3.30. The fourth-order valence-electron chi connectivity index (χ4n) is 2.05. The van der Waals surface area contributed by atoms with Gasteiger partial charge in [-0.1, -0.05) is 6.07 Å². The van der Waals surface area contributed by atoms with Crippen LogP contribution in [0.1, 0.15) is 36.0 Å². The highest BCUT2D eigenvalue weighted by molar-refractivity contribution is 6.02. The second-order valence-corrected chi connectivity index (χ2v) is 5.31. The number of rotatable bonds is 6. The molecule has 0 unspecified atom stereocenters. The van der Waals surface area contributed by atoms with Gasteiger partial charge in [0, 0.05) is 18.2 Å². The highest BCUT2D eigenvalue weighted by atomic mass is 16.8. The van der Waals surface area contributed by atoms with Crippen molar-refractivity contribution in [3.8, 4) is 0 Å². The molecule has 0 aliphatic heterocycles. The SMILES string of the molecule is CO[N+](=O)c1cccc(C(=O)NC2CC2)c1NC1CC1. The minimum Gasteiger partial charge on any atom is -0.376 e. The number of nitrogens with zero attached hydrogens (tertiary/aromatic N) is 1. The van der Waals surface area contributed by atoms with Gasteiger partial charge in [0.05, 0.1) is 10.5 Å². The van der Waals surface area contributed by atoms with Gasteiger partial charge in [-0.2, -0.15) is 0 Å². The van der Waals surface area contributed by atoms with Crippen molar-refractivity contribution in [2.75, 3.05) is 12.4 Å². The maximum atomic E-state index is 12.3. The minimum absolute atomic E-state index is 0.137. The van der Waals surface area contributed by atoms with Crippen molar-refractivity contribution in [1.29, 1.82) is 0 Å². The first-order chi connectivity index (χ1) is 9.69. The van der Waals surface area contributed by atoms with Gasteiger partial charge in [0.25, 0.3) is 10.8 Å². The molecule has 2 aliphatic rings. The zero-order chi connectivity index (χ0) is 14.1. The van der Waals surface area contributed by atoms with Crippen LogP contribution in [0.25, 0.3) is 0 Å². The third-order valence-electron chi connectivity index (χ3n) is 3.49. The van der Waals surface area contributed by atoms with E-state index in [1.54, 1.807) is 18.2 Å². The summed E-state index contributed by atoms with van der Waals surface area (Å²) in [7, 11) is 1.31. The molecule has 0 radical (unpaired) electrons. The van der Waals surface area contributed by atoms with Crippen LogP contribution in [0.2, 0.25) is 0 Å². The summed E-state index contributed by atoms with van der Waals surface area (Å²) in [5.41, 5.74) is 1.40. The first-order valence-electron chi connectivity index (χ1n) is 6.91. The third kappa shape index (κ3) is 2.74. The van der Waals surface area contributed by atoms with Crippen molar-refractivity contribution in [2.45, 2.75) is 37.8 Å². The van der Waals surface area contributed by atoms with E-state index in [0.29, 0.717) is 27.9 Å². The molecule has 2 saturated carbocycles. The Balaban J connectivity index is 1.93. The Labute approximate surface area is 117 Å². The smallest absolute Gasteiger partial charge is 0.340 e. The summed E-state index contributed by atoms with van der Waals surface area (Å²) in [6.45, 7) is 0. The Morgan fingerprint density at radius 1 is 1.25 bits per heavy atom. The number of para-hydroxylation sites is 1. The summed E-state index contributed by atoms with van der Waals surface area (Å²) in [6.07, 6.45) is 4.18. The van der Waals surface area contributed by atoms with Crippen molar-refractivity contribution in [1.82, 2.24) is 5.32 Å². The third-order valence-corrected chi connectivity index (χ3v) is 3.49. The lowest BCUT2D eigenvalue weighted by atomic mass is 10.1. The Morgan fingerprint density at radius 3 is 2.55 bits per heavy atom. The highest BCUT2D eigenvalue weighted by Gasteiger charge is 2.32. The van der Waals surface area contributed by atoms with E-state index in [0.717, 1.165) is 25.7 Å². The zero-order valence-corrected chi connectivity index (χ0v) is 11.4. The second kappa shape index (κ2) is 5.11. The minimum atomic E-state index is -0.137. The lowest BCUT2D eigenvalue weighted by Gasteiger charge is -2.11. The summed E-state index contributed by atoms with van der Waals surface area (Å²) >= 11 is 0. The summed E-state index contributed by atoms with van der Waals surface area (Å²) in [5, 5.41) is 6.21. The quantitative estimate of drug-likeness (QED) is 0.781. The largest absolute Gasteiger partial charge is 0.376 e. The average molecular weight is 276 g/mol. The molecule has 2 fully saturated rings. The topological polar surface area (TPSA) is 70.4 Å². The van der Waals surface area contributed by atoms with Gasteiger partial charge in [0.15, 0.2) is 7.11 Å². The van der Waals surface area contributed by atoms with Gasteiger partial charge in [-0.3, -0.25) is 4.79 Å². The van der Waals surface area contributed by atoms with Crippen molar-refractivity contribution in [3.63, 3.8) is 0 Å². The number of benzene rings is 1. The van der Waals surface area contributed by atoms with E-state index in [1.807, 2.05) is 0 Å². The molecule has 6 heteroatoms. The van der Waals surface area contributed by atoms with Crippen molar-refractivity contribution < 1.29 is 14.6 Å². The number of amides is 1. The molecule has 0 spiro atoms. The Hall–Kier alpha value is -2.11. The number of anilines is 1. The molecule has 6 nitrogen and oxygen atoms in total. The van der Waals surface area contributed by atoms with Crippen LogP contribution < -0.4 is 10.6 Å². The van der Waals surface area contributed by atoms with Crippen LogP contribution >= 0.6 is 0 Å². The summed E-state index contributed by atoms with van der Waals surface area (Å²) < 4.78 is 0. The fraction of sp³-hybridized carbons (Fsp3) is 0.500. The first-order valence-corrected chi connectivity index (χ1v) is 6.91. The summed E-state index contributed by atoms with van der Waals surface area (Å²) in [6, 6.07) is 5.70. The predicted molar refractivity (Wildman–Crippen MR) is 73.9 cm³/mol. The van der Waals surface area contributed by atoms with Gasteiger partial charge in [-0.25, -0.2) is 4.84 Å². The van der Waals surface area contributed by atoms with Gasteiger partial charge < -0.3 is 10.6 Å². The van der Waals surface area contributed by atoms with Crippen molar-refractivity contribution >= 4 is 17.3 Å². The molecule has 1 aromatic carbocycles. The summed E-state index contributed by atoms with van der Waals surface area (Å²) in [5.74, 6) is -0.137. The lowest BCUT2D eigenvalue weighted by Crippen LogP contribution is -2.26. The zero-order valence-electron chi connectivity index (χ0n) is 11.4. The molecule has 0 saturated heterocycles. The van der Waals surface area contributed by atoms with E-state index >= 15 is 0 Å². The van der Waals surface area contributed by atoms with E-state index in [2.05, 4.69) is 10.6 Å². The molecule has 0 atom stereocenters. The molecule has 1 amide bonds. The fourth-order valence-corrected chi connectivity index (χ4v) is 2.05. The van der Waals surface area contributed by atoms with Crippen LogP contribution in [0.4, 0.5) is 11.4 Å². The molecule has 2 aliphatic carbocycles. The van der Waals surface area contributed by atoms with Gasteiger partial charge in [0.1, 0.15) is 5.69 Å². The molecule has 106 valence electrons. The molecule has 0 heterocycles. The molecule has 0 bridgehead atoms. The molecular weight excluding hydrogens is 258 g/mol. The number of nitrogens with one attached hydrogen (secondary N) is 2. The highest BCUT2D eigenvalue weighted by Crippen LogP contribution is 2.34. The molecule has 0 aromatic heterocycles. The lowest BCUT2D eigenvalue weighted by molar-refractivity contribution is -0.736.